The van der Waals surface area contributed by atoms with Crippen molar-refractivity contribution in [1.29, 1.82) is 0 Å². The Balaban J connectivity index is 2.60. The average Bonchev–Trinajstić information content (AvgIpc) is 2.68. The highest BCUT2D eigenvalue weighted by molar-refractivity contribution is 5.96. The van der Waals surface area contributed by atoms with Gasteiger partial charge in [-0.2, -0.15) is 0 Å². The van der Waals surface area contributed by atoms with Crippen molar-refractivity contribution in [2.24, 2.45) is 5.92 Å². The van der Waals surface area contributed by atoms with E-state index in [2.05, 4.69) is 17.6 Å². The van der Waals surface area contributed by atoms with Gasteiger partial charge in [0, 0.05) is 13.1 Å². The third-order valence-electron chi connectivity index (χ3n) is 3.45. The number of hydrogen-bond donors (Lipinski definition) is 3. The van der Waals surface area contributed by atoms with Gasteiger partial charge in [0.2, 0.25) is 5.91 Å². The molecule has 0 radical (unpaired) electrons. The van der Waals surface area contributed by atoms with Crippen LogP contribution < -0.4 is 10.6 Å². The van der Waals surface area contributed by atoms with Gasteiger partial charge in [0.25, 0.3) is 0 Å². The summed E-state index contributed by atoms with van der Waals surface area (Å²) in [6.45, 7) is 4.62. The third kappa shape index (κ3) is 3.17. The molecule has 17 heavy (non-hydrogen) atoms. The zero-order valence-corrected chi connectivity index (χ0v) is 10.6. The van der Waals surface area contributed by atoms with E-state index in [1.807, 2.05) is 4.90 Å². The lowest BCUT2D eigenvalue weighted by molar-refractivity contribution is -0.125. The largest absolute Gasteiger partial charge is 0.395 e. The summed E-state index contributed by atoms with van der Waals surface area (Å²) >= 11 is 0. The number of imide groups is 1. The number of carbonyl (C=O) groups excluding carboxylic acids is 2. The van der Waals surface area contributed by atoms with Crippen LogP contribution in [0.2, 0.25) is 0 Å². The molecule has 3 amide bonds. The van der Waals surface area contributed by atoms with Gasteiger partial charge in [-0.05, 0) is 25.8 Å². The Hall–Kier alpha value is -1.14. The summed E-state index contributed by atoms with van der Waals surface area (Å²) < 4.78 is 0. The first-order valence-corrected chi connectivity index (χ1v) is 5.90. The molecule has 1 fully saturated rings. The van der Waals surface area contributed by atoms with E-state index in [0.29, 0.717) is 5.92 Å². The second-order valence-corrected chi connectivity index (χ2v) is 4.50. The molecule has 1 rings (SSSR count). The fourth-order valence-electron chi connectivity index (χ4n) is 2.23. The lowest BCUT2D eigenvalue weighted by Gasteiger charge is -2.29. The molecule has 0 aromatic heterocycles. The molecule has 0 aliphatic carbocycles. The summed E-state index contributed by atoms with van der Waals surface area (Å²) in [7, 11) is 1.46. The van der Waals surface area contributed by atoms with Crippen LogP contribution in [0, 0.1) is 5.92 Å². The minimum atomic E-state index is -0.505. The van der Waals surface area contributed by atoms with Gasteiger partial charge >= 0.3 is 6.03 Å². The number of likely N-dealkylation sites (tertiary alicyclic amines) is 1. The van der Waals surface area contributed by atoms with Crippen LogP contribution in [0.1, 0.15) is 20.3 Å². The Morgan fingerprint density at radius 1 is 1.53 bits per heavy atom. The maximum absolute atomic E-state index is 11.8. The number of aliphatic hydroxyl groups excluding tert-OH is 1. The van der Waals surface area contributed by atoms with Gasteiger partial charge in [-0.1, -0.05) is 6.92 Å². The number of urea groups is 1. The Labute approximate surface area is 101 Å². The van der Waals surface area contributed by atoms with Crippen molar-refractivity contribution in [3.8, 4) is 0 Å². The van der Waals surface area contributed by atoms with Crippen molar-refractivity contribution in [1.82, 2.24) is 15.5 Å². The second-order valence-electron chi connectivity index (χ2n) is 4.50. The number of nitrogens with zero attached hydrogens (tertiary/aromatic N) is 1. The molecule has 6 nitrogen and oxygen atoms in total. The average molecular weight is 243 g/mol. The van der Waals surface area contributed by atoms with E-state index in [0.717, 1.165) is 13.0 Å². The van der Waals surface area contributed by atoms with E-state index in [9.17, 15) is 14.7 Å². The predicted octanol–water partition coefficient (Wildman–Crippen LogP) is -0.467. The Kier molecular flexibility index (Phi) is 4.89. The highest BCUT2D eigenvalue weighted by Gasteiger charge is 2.36. The van der Waals surface area contributed by atoms with Gasteiger partial charge in [0.1, 0.15) is 0 Å². The molecule has 1 aliphatic rings. The van der Waals surface area contributed by atoms with Gasteiger partial charge in [-0.25, -0.2) is 4.79 Å². The maximum Gasteiger partial charge on any atom is 0.321 e. The van der Waals surface area contributed by atoms with Crippen LogP contribution in [0.25, 0.3) is 0 Å². The number of nitrogens with one attached hydrogen (secondary N) is 2. The zero-order chi connectivity index (χ0) is 13.0. The van der Waals surface area contributed by atoms with E-state index in [-0.39, 0.29) is 18.6 Å². The molecule has 0 spiro atoms. The molecule has 6 heteroatoms. The van der Waals surface area contributed by atoms with Crippen molar-refractivity contribution in [2.75, 3.05) is 20.2 Å². The van der Waals surface area contributed by atoms with Gasteiger partial charge in [-0.3, -0.25) is 15.0 Å². The quantitative estimate of drug-likeness (QED) is 0.626. The van der Waals surface area contributed by atoms with Crippen LogP contribution in [0.15, 0.2) is 0 Å². The van der Waals surface area contributed by atoms with Crippen molar-refractivity contribution < 1.29 is 14.7 Å². The van der Waals surface area contributed by atoms with E-state index >= 15 is 0 Å². The first-order valence-electron chi connectivity index (χ1n) is 5.90. The van der Waals surface area contributed by atoms with Crippen LogP contribution in [0.5, 0.6) is 0 Å². The summed E-state index contributed by atoms with van der Waals surface area (Å²) in [4.78, 5) is 24.8. The molecule has 1 saturated heterocycles. The topological polar surface area (TPSA) is 81.7 Å². The zero-order valence-electron chi connectivity index (χ0n) is 10.6. The normalized spacial score (nSPS) is 26.6. The number of amides is 3. The molecule has 98 valence electrons. The molecule has 0 aromatic carbocycles. The lowest BCUT2D eigenvalue weighted by atomic mass is 10.0. The van der Waals surface area contributed by atoms with Gasteiger partial charge in [0.15, 0.2) is 0 Å². The first kappa shape index (κ1) is 13.9. The smallest absolute Gasteiger partial charge is 0.321 e. The monoisotopic (exact) mass is 243 g/mol. The summed E-state index contributed by atoms with van der Waals surface area (Å²) in [6, 6.07) is -0.913. The summed E-state index contributed by atoms with van der Waals surface area (Å²) in [5.41, 5.74) is 0. The van der Waals surface area contributed by atoms with Crippen LogP contribution in [-0.4, -0.2) is 54.2 Å². The third-order valence-corrected chi connectivity index (χ3v) is 3.45. The highest BCUT2D eigenvalue weighted by Crippen LogP contribution is 2.25. The minimum absolute atomic E-state index is 0.000405. The molecule has 3 N–H and O–H groups in total. The van der Waals surface area contributed by atoms with Crippen LogP contribution in [-0.2, 0) is 4.79 Å². The standard InChI is InChI=1S/C11H21N3O3/c1-7-4-5-14(9(7)6-15)8(2)10(16)13-11(17)12-3/h7-9,15H,4-6H2,1-3H3,(H2,12,13,16,17). The van der Waals surface area contributed by atoms with E-state index in [1.54, 1.807) is 6.92 Å². The molecular weight excluding hydrogens is 222 g/mol. The fraction of sp³-hybridized carbons (Fsp3) is 0.818. The Morgan fingerprint density at radius 2 is 2.18 bits per heavy atom. The molecule has 0 bridgehead atoms. The van der Waals surface area contributed by atoms with E-state index < -0.39 is 12.1 Å². The fourth-order valence-corrected chi connectivity index (χ4v) is 2.23. The number of rotatable bonds is 3. The molecule has 3 unspecified atom stereocenters. The Bertz CT molecular complexity index is 296. The number of hydrogen-bond acceptors (Lipinski definition) is 4. The van der Waals surface area contributed by atoms with Crippen LogP contribution >= 0.6 is 0 Å². The van der Waals surface area contributed by atoms with Crippen molar-refractivity contribution >= 4 is 11.9 Å². The summed E-state index contributed by atoms with van der Waals surface area (Å²) in [6.07, 6.45) is 0.961. The summed E-state index contributed by atoms with van der Waals surface area (Å²) in [5, 5.41) is 13.9. The lowest BCUT2D eigenvalue weighted by Crippen LogP contribution is -2.51. The molecule has 1 aliphatic heterocycles. The molecular formula is C11H21N3O3. The SMILES string of the molecule is CNC(=O)NC(=O)C(C)N1CCC(C)C1CO. The van der Waals surface area contributed by atoms with E-state index in [1.165, 1.54) is 7.05 Å². The van der Waals surface area contributed by atoms with Gasteiger partial charge < -0.3 is 10.4 Å². The maximum atomic E-state index is 11.8. The van der Waals surface area contributed by atoms with Gasteiger partial charge in [-0.15, -0.1) is 0 Å². The predicted molar refractivity (Wildman–Crippen MR) is 63.4 cm³/mol. The van der Waals surface area contributed by atoms with Gasteiger partial charge in [0.05, 0.1) is 12.6 Å². The van der Waals surface area contributed by atoms with E-state index in [4.69, 9.17) is 0 Å². The summed E-state index contributed by atoms with van der Waals surface area (Å²) in [5.74, 6) is 0.0344. The number of aliphatic hydroxyl groups is 1. The van der Waals surface area contributed by atoms with Crippen molar-refractivity contribution in [3.63, 3.8) is 0 Å². The van der Waals surface area contributed by atoms with Crippen molar-refractivity contribution in [2.45, 2.75) is 32.4 Å². The first-order chi connectivity index (χ1) is 8.01. The second kappa shape index (κ2) is 5.97. The van der Waals surface area contributed by atoms with Crippen molar-refractivity contribution in [3.05, 3.63) is 0 Å². The van der Waals surface area contributed by atoms with Crippen LogP contribution in [0.4, 0.5) is 4.79 Å². The highest BCUT2D eigenvalue weighted by atomic mass is 16.3. The molecule has 1 heterocycles. The molecule has 3 atom stereocenters. The number of carbonyl (C=O) groups is 2. The molecule has 0 saturated carbocycles. The van der Waals surface area contributed by atoms with Crippen LogP contribution in [0.3, 0.4) is 0 Å². The Morgan fingerprint density at radius 3 is 2.71 bits per heavy atom. The molecule has 0 aromatic rings. The minimum Gasteiger partial charge on any atom is -0.395 e.